The third kappa shape index (κ3) is 4.67. The maximum Gasteiger partial charge on any atom is 0.315 e. The SMILES string of the molecule is Cc1ccc(C)c(NC(=O)C2(NC(=O)NCc3ccccc3)CCCC2)c1. The Hall–Kier alpha value is -2.82. The highest BCUT2D eigenvalue weighted by atomic mass is 16.2. The van der Waals surface area contributed by atoms with Crippen LogP contribution in [0.3, 0.4) is 0 Å². The van der Waals surface area contributed by atoms with E-state index < -0.39 is 5.54 Å². The molecule has 0 saturated heterocycles. The van der Waals surface area contributed by atoms with Crippen molar-refractivity contribution in [1.29, 1.82) is 0 Å². The van der Waals surface area contributed by atoms with Crippen molar-refractivity contribution in [2.24, 2.45) is 0 Å². The Morgan fingerprint density at radius 1 is 1.00 bits per heavy atom. The second-order valence-corrected chi connectivity index (χ2v) is 7.35. The number of aryl methyl sites for hydroxylation is 2. The Morgan fingerprint density at radius 3 is 2.41 bits per heavy atom. The number of carbonyl (C=O) groups is 2. The van der Waals surface area contributed by atoms with Crippen molar-refractivity contribution in [2.45, 2.75) is 51.6 Å². The molecule has 1 aliphatic carbocycles. The Kier molecular flexibility index (Phi) is 5.79. The summed E-state index contributed by atoms with van der Waals surface area (Å²) >= 11 is 0. The Morgan fingerprint density at radius 2 is 1.70 bits per heavy atom. The highest BCUT2D eigenvalue weighted by molar-refractivity contribution is 6.01. The molecule has 0 radical (unpaired) electrons. The van der Waals surface area contributed by atoms with Gasteiger partial charge in [0.2, 0.25) is 5.91 Å². The van der Waals surface area contributed by atoms with Gasteiger partial charge in [0.15, 0.2) is 0 Å². The molecule has 27 heavy (non-hydrogen) atoms. The molecule has 3 amide bonds. The second kappa shape index (κ2) is 8.25. The van der Waals surface area contributed by atoms with E-state index in [0.717, 1.165) is 35.2 Å². The fourth-order valence-corrected chi connectivity index (χ4v) is 3.54. The molecule has 1 fully saturated rings. The van der Waals surface area contributed by atoms with Gasteiger partial charge in [0.25, 0.3) is 0 Å². The molecule has 2 aromatic rings. The molecule has 0 atom stereocenters. The molecule has 0 spiro atoms. The molecule has 142 valence electrons. The van der Waals surface area contributed by atoms with E-state index in [2.05, 4.69) is 16.0 Å². The fourth-order valence-electron chi connectivity index (χ4n) is 3.54. The Balaban J connectivity index is 1.66. The summed E-state index contributed by atoms with van der Waals surface area (Å²) in [5.74, 6) is -0.136. The Bertz CT molecular complexity index is 812. The molecule has 5 nitrogen and oxygen atoms in total. The number of benzene rings is 2. The molecule has 0 aliphatic heterocycles. The minimum Gasteiger partial charge on any atom is -0.334 e. The van der Waals surface area contributed by atoms with Crippen molar-refractivity contribution >= 4 is 17.6 Å². The minimum absolute atomic E-state index is 0.136. The summed E-state index contributed by atoms with van der Waals surface area (Å²) in [6.07, 6.45) is 3.17. The van der Waals surface area contributed by atoms with Crippen LogP contribution in [0.2, 0.25) is 0 Å². The minimum atomic E-state index is -0.850. The number of urea groups is 1. The smallest absolute Gasteiger partial charge is 0.315 e. The normalized spacial score (nSPS) is 15.2. The molecule has 0 aromatic heterocycles. The van der Waals surface area contributed by atoms with E-state index in [-0.39, 0.29) is 11.9 Å². The predicted octanol–water partition coefficient (Wildman–Crippen LogP) is 4.05. The van der Waals surface area contributed by atoms with E-state index >= 15 is 0 Å². The van der Waals surface area contributed by atoms with Gasteiger partial charge in [-0.15, -0.1) is 0 Å². The van der Waals surface area contributed by atoms with E-state index in [0.29, 0.717) is 19.4 Å². The van der Waals surface area contributed by atoms with Gasteiger partial charge >= 0.3 is 6.03 Å². The third-order valence-electron chi connectivity index (χ3n) is 5.18. The summed E-state index contributed by atoms with van der Waals surface area (Å²) in [5, 5.41) is 8.85. The topological polar surface area (TPSA) is 70.2 Å². The van der Waals surface area contributed by atoms with Crippen LogP contribution >= 0.6 is 0 Å². The van der Waals surface area contributed by atoms with E-state index in [1.165, 1.54) is 0 Å². The van der Waals surface area contributed by atoms with Gasteiger partial charge in [0.1, 0.15) is 5.54 Å². The first-order valence-electron chi connectivity index (χ1n) is 9.47. The van der Waals surface area contributed by atoms with Gasteiger partial charge < -0.3 is 16.0 Å². The molecule has 0 unspecified atom stereocenters. The monoisotopic (exact) mass is 365 g/mol. The lowest BCUT2D eigenvalue weighted by atomic mass is 9.96. The van der Waals surface area contributed by atoms with Crippen LogP contribution in [-0.2, 0) is 11.3 Å². The first-order valence-corrected chi connectivity index (χ1v) is 9.47. The molecular formula is C22H27N3O2. The summed E-state index contributed by atoms with van der Waals surface area (Å²) in [6, 6.07) is 15.4. The second-order valence-electron chi connectivity index (χ2n) is 7.35. The van der Waals surface area contributed by atoms with Crippen LogP contribution in [0.25, 0.3) is 0 Å². The van der Waals surface area contributed by atoms with Gasteiger partial charge in [0.05, 0.1) is 0 Å². The molecule has 3 N–H and O–H groups in total. The van der Waals surface area contributed by atoms with Crippen LogP contribution in [0.5, 0.6) is 0 Å². The largest absolute Gasteiger partial charge is 0.334 e. The average molecular weight is 365 g/mol. The fraction of sp³-hybridized carbons (Fsp3) is 0.364. The number of rotatable bonds is 5. The lowest BCUT2D eigenvalue weighted by Crippen LogP contribution is -2.57. The number of nitrogens with one attached hydrogen (secondary N) is 3. The van der Waals surface area contributed by atoms with Crippen molar-refractivity contribution in [1.82, 2.24) is 10.6 Å². The van der Waals surface area contributed by atoms with Crippen molar-refractivity contribution < 1.29 is 9.59 Å². The first kappa shape index (κ1) is 19.0. The van der Waals surface area contributed by atoms with Gasteiger partial charge in [-0.3, -0.25) is 4.79 Å². The first-order chi connectivity index (χ1) is 13.0. The molecular weight excluding hydrogens is 338 g/mol. The maximum absolute atomic E-state index is 13.1. The number of carbonyl (C=O) groups excluding carboxylic acids is 2. The highest BCUT2D eigenvalue weighted by Crippen LogP contribution is 2.31. The maximum atomic E-state index is 13.1. The molecule has 2 aromatic carbocycles. The summed E-state index contributed by atoms with van der Waals surface area (Å²) in [4.78, 5) is 25.5. The van der Waals surface area contributed by atoms with Crippen LogP contribution in [-0.4, -0.2) is 17.5 Å². The molecule has 1 aliphatic rings. The standard InChI is InChI=1S/C22H27N3O2/c1-16-10-11-17(2)19(14-16)24-20(26)22(12-6-7-13-22)25-21(27)23-15-18-8-4-3-5-9-18/h3-5,8-11,14H,6-7,12-13,15H2,1-2H3,(H,24,26)(H2,23,25,27). The number of hydrogen-bond acceptors (Lipinski definition) is 2. The molecule has 0 heterocycles. The van der Waals surface area contributed by atoms with Crippen LogP contribution in [0.4, 0.5) is 10.5 Å². The highest BCUT2D eigenvalue weighted by Gasteiger charge is 2.42. The molecule has 5 heteroatoms. The zero-order valence-corrected chi connectivity index (χ0v) is 16.0. The predicted molar refractivity (Wildman–Crippen MR) is 108 cm³/mol. The number of hydrogen-bond donors (Lipinski definition) is 3. The van der Waals surface area contributed by atoms with Crippen LogP contribution in [0, 0.1) is 13.8 Å². The zero-order valence-electron chi connectivity index (χ0n) is 16.0. The van der Waals surface area contributed by atoms with Gasteiger partial charge in [0, 0.05) is 12.2 Å². The van der Waals surface area contributed by atoms with Gasteiger partial charge in [-0.05, 0) is 49.4 Å². The summed E-state index contributed by atoms with van der Waals surface area (Å²) in [7, 11) is 0. The van der Waals surface area contributed by atoms with Crippen molar-refractivity contribution in [3.05, 3.63) is 65.2 Å². The quantitative estimate of drug-likeness (QED) is 0.748. The average Bonchev–Trinajstić information content (AvgIpc) is 3.13. The van der Waals surface area contributed by atoms with E-state index in [1.54, 1.807) is 0 Å². The zero-order chi connectivity index (χ0) is 19.3. The van der Waals surface area contributed by atoms with Crippen LogP contribution in [0.15, 0.2) is 48.5 Å². The van der Waals surface area contributed by atoms with Crippen molar-refractivity contribution in [2.75, 3.05) is 5.32 Å². The van der Waals surface area contributed by atoms with Crippen LogP contribution in [0.1, 0.15) is 42.4 Å². The number of amides is 3. The Labute approximate surface area is 160 Å². The molecule has 0 bridgehead atoms. The van der Waals surface area contributed by atoms with Crippen molar-refractivity contribution in [3.63, 3.8) is 0 Å². The van der Waals surface area contributed by atoms with Crippen molar-refractivity contribution in [3.8, 4) is 0 Å². The van der Waals surface area contributed by atoms with Crippen LogP contribution < -0.4 is 16.0 Å². The van der Waals surface area contributed by atoms with E-state index in [1.807, 2.05) is 62.4 Å². The third-order valence-corrected chi connectivity index (χ3v) is 5.18. The summed E-state index contributed by atoms with van der Waals surface area (Å²) in [5.41, 5.74) is 3.07. The van der Waals surface area contributed by atoms with E-state index in [4.69, 9.17) is 0 Å². The molecule has 3 rings (SSSR count). The molecule has 1 saturated carbocycles. The van der Waals surface area contributed by atoms with Gasteiger partial charge in [-0.25, -0.2) is 4.79 Å². The van der Waals surface area contributed by atoms with E-state index in [9.17, 15) is 9.59 Å². The van der Waals surface area contributed by atoms with Gasteiger partial charge in [-0.1, -0.05) is 55.3 Å². The van der Waals surface area contributed by atoms with Gasteiger partial charge in [-0.2, -0.15) is 0 Å². The summed E-state index contributed by atoms with van der Waals surface area (Å²) < 4.78 is 0. The summed E-state index contributed by atoms with van der Waals surface area (Å²) in [6.45, 7) is 4.40. The lowest BCUT2D eigenvalue weighted by molar-refractivity contribution is -0.121. The number of anilines is 1. The lowest BCUT2D eigenvalue weighted by Gasteiger charge is -2.29.